The summed E-state index contributed by atoms with van der Waals surface area (Å²) in [5.41, 5.74) is 1.92. The minimum absolute atomic E-state index is 0.0374. The first kappa shape index (κ1) is 23.8. The molecule has 2 amide bonds. The number of hydrogen-bond donors (Lipinski definition) is 2. The van der Waals surface area contributed by atoms with Crippen LogP contribution in [0.1, 0.15) is 47.2 Å². The number of carbonyl (C=O) groups excluding carboxylic acids is 2. The lowest BCUT2D eigenvalue weighted by atomic mass is 9.90. The number of aromatic nitrogens is 1. The van der Waals surface area contributed by atoms with Crippen molar-refractivity contribution in [1.82, 2.24) is 9.88 Å². The van der Waals surface area contributed by atoms with Crippen molar-refractivity contribution < 1.29 is 18.6 Å². The predicted octanol–water partition coefficient (Wildman–Crippen LogP) is 2.96. The number of halogens is 1. The van der Waals surface area contributed by atoms with E-state index in [0.717, 1.165) is 25.3 Å². The molecule has 1 aromatic heterocycles. The van der Waals surface area contributed by atoms with Crippen LogP contribution < -0.4 is 11.2 Å². The summed E-state index contributed by atoms with van der Waals surface area (Å²) in [6.07, 6.45) is 9.44. The van der Waals surface area contributed by atoms with Crippen molar-refractivity contribution in [3.05, 3.63) is 82.8 Å². The highest BCUT2D eigenvalue weighted by Crippen LogP contribution is 2.40. The number of benzene rings is 1. The number of nitriles is 1. The first-order valence-corrected chi connectivity index (χ1v) is 12.4. The van der Waals surface area contributed by atoms with Crippen LogP contribution in [0.4, 0.5) is 10.2 Å². The number of quaternary nitrogens is 1. The summed E-state index contributed by atoms with van der Waals surface area (Å²) in [6, 6.07) is 9.30. The molecule has 1 aromatic carbocycles. The number of pyridine rings is 1. The number of carbonyl (C=O) groups is 2. The van der Waals surface area contributed by atoms with Crippen LogP contribution in [-0.4, -0.2) is 50.9 Å². The lowest BCUT2D eigenvalue weighted by Crippen LogP contribution is -2.53. The third-order valence-corrected chi connectivity index (χ3v) is 7.53. The maximum absolute atomic E-state index is 15.5. The molecule has 2 fully saturated rings. The largest absolute Gasteiger partial charge is 0.339 e. The van der Waals surface area contributed by atoms with Crippen LogP contribution in [0.2, 0.25) is 0 Å². The van der Waals surface area contributed by atoms with Crippen molar-refractivity contribution in [3.63, 3.8) is 0 Å². The molecular weight excluding hydrogens is 487 g/mol. The average Bonchev–Trinajstić information content (AvgIpc) is 3.45. The highest BCUT2D eigenvalue weighted by Gasteiger charge is 2.48. The number of aliphatic imine (C=N–C) groups is 2. The second-order valence-electron chi connectivity index (χ2n) is 9.76. The number of fused-ring (bicyclic) bond motifs is 2. The Morgan fingerprint density at radius 2 is 2.11 bits per heavy atom. The fraction of sp³-hybridized carbons (Fsp3) is 0.259. The van der Waals surface area contributed by atoms with E-state index in [4.69, 9.17) is 16.1 Å². The highest BCUT2D eigenvalue weighted by atomic mass is 19.1. The maximum Gasteiger partial charge on any atom is 0.267 e. The summed E-state index contributed by atoms with van der Waals surface area (Å²) in [5.74, 6) is 6.14. The van der Waals surface area contributed by atoms with Crippen LogP contribution in [0.5, 0.6) is 0 Å². The first-order chi connectivity index (χ1) is 18.4. The molecule has 0 saturated carbocycles. The third-order valence-electron chi connectivity index (χ3n) is 7.53. The van der Waals surface area contributed by atoms with Crippen molar-refractivity contribution in [3.8, 4) is 6.07 Å². The molecule has 2 aromatic rings. The van der Waals surface area contributed by atoms with Crippen LogP contribution in [0.15, 0.2) is 70.3 Å². The van der Waals surface area contributed by atoms with Gasteiger partial charge in [0, 0.05) is 36.7 Å². The zero-order valence-corrected chi connectivity index (χ0v) is 20.3. The summed E-state index contributed by atoms with van der Waals surface area (Å²) in [6.45, 7) is 0.555. The van der Waals surface area contributed by atoms with E-state index in [-0.39, 0.29) is 45.2 Å². The summed E-state index contributed by atoms with van der Waals surface area (Å²) >= 11 is 0. The van der Waals surface area contributed by atoms with Gasteiger partial charge in [-0.15, -0.1) is 4.59 Å². The van der Waals surface area contributed by atoms with Gasteiger partial charge in [-0.05, 0) is 49.6 Å². The van der Waals surface area contributed by atoms with E-state index < -0.39 is 11.7 Å². The second kappa shape index (κ2) is 9.09. The van der Waals surface area contributed by atoms with Gasteiger partial charge in [0.15, 0.2) is 0 Å². The molecule has 0 aliphatic carbocycles. The molecule has 1 unspecified atom stereocenters. The molecular formula is C27H24FN8O2+. The van der Waals surface area contributed by atoms with Gasteiger partial charge < -0.3 is 10.2 Å². The van der Waals surface area contributed by atoms with Crippen LogP contribution in [-0.2, 0) is 4.79 Å². The van der Waals surface area contributed by atoms with E-state index in [1.165, 1.54) is 30.5 Å². The van der Waals surface area contributed by atoms with E-state index in [9.17, 15) is 9.59 Å². The number of anilines is 1. The van der Waals surface area contributed by atoms with Gasteiger partial charge >= 0.3 is 0 Å². The highest BCUT2D eigenvalue weighted by molar-refractivity contribution is 6.05. The summed E-state index contributed by atoms with van der Waals surface area (Å²) in [4.78, 5) is 40.2. The Bertz CT molecular complexity index is 1540. The minimum Gasteiger partial charge on any atom is -0.339 e. The van der Waals surface area contributed by atoms with Crippen molar-refractivity contribution >= 4 is 29.7 Å². The van der Waals surface area contributed by atoms with Gasteiger partial charge in [0.1, 0.15) is 23.5 Å². The van der Waals surface area contributed by atoms with Gasteiger partial charge in [0.2, 0.25) is 11.6 Å². The molecule has 6 rings (SSSR count). The normalized spacial score (nSPS) is 25.7. The summed E-state index contributed by atoms with van der Waals surface area (Å²) in [7, 11) is 0. The SMILES string of the molecule is N#Cc1ccnc(NC(=O)c2ccc(C3=NC([C@@H]4CC[C@H]5CCC(=O)N5C4)=C4C=NC=C[N+]34N)c(F)c2)c1. The predicted molar refractivity (Wildman–Crippen MR) is 136 cm³/mol. The molecule has 4 aliphatic heterocycles. The first-order valence-electron chi connectivity index (χ1n) is 12.4. The number of nitrogens with one attached hydrogen (secondary N) is 1. The van der Waals surface area contributed by atoms with E-state index in [1.807, 2.05) is 11.0 Å². The van der Waals surface area contributed by atoms with Crippen LogP contribution in [0.3, 0.4) is 0 Å². The average molecular weight is 512 g/mol. The molecule has 10 nitrogen and oxygen atoms in total. The summed E-state index contributed by atoms with van der Waals surface area (Å²) < 4.78 is 15.2. The Balaban J connectivity index is 1.30. The number of rotatable bonds is 4. The van der Waals surface area contributed by atoms with E-state index in [2.05, 4.69) is 15.3 Å². The monoisotopic (exact) mass is 511 g/mol. The molecule has 0 radical (unpaired) electrons. The van der Waals surface area contributed by atoms with Crippen LogP contribution in [0.25, 0.3) is 0 Å². The van der Waals surface area contributed by atoms with Gasteiger partial charge in [0.05, 0.1) is 29.6 Å². The molecule has 3 atom stereocenters. The standard InChI is InChI=1S/C27H23FN8O2/c28-21-12-17(27(38)33-23-11-16(13-29)7-8-32-23)2-5-20(21)26-34-25(22-14-31-9-10-36(22,26)30)18-1-3-19-4-6-24(37)35(19)15-18/h2,5,7-12,14,18-19H,1,3-4,6,15,30H2/p+1/t18-,19+,36?/m1/s1. The maximum atomic E-state index is 15.5. The number of amides is 2. The molecule has 4 aliphatic rings. The number of amidine groups is 1. The van der Waals surface area contributed by atoms with Gasteiger partial charge in [-0.3, -0.25) is 14.6 Å². The molecule has 3 N–H and O–H groups in total. The van der Waals surface area contributed by atoms with Gasteiger partial charge in [-0.25, -0.2) is 9.37 Å². The fourth-order valence-corrected chi connectivity index (χ4v) is 5.57. The van der Waals surface area contributed by atoms with Crippen LogP contribution >= 0.6 is 0 Å². The Labute approximate surface area is 217 Å². The van der Waals surface area contributed by atoms with E-state index >= 15 is 4.39 Å². The molecule has 190 valence electrons. The third kappa shape index (κ3) is 3.91. The number of nitrogens with zero attached hydrogens (tertiary/aromatic N) is 6. The Kier molecular flexibility index (Phi) is 5.71. The second-order valence-corrected chi connectivity index (χ2v) is 9.76. The van der Waals surface area contributed by atoms with Gasteiger partial charge in [0.25, 0.3) is 11.7 Å². The van der Waals surface area contributed by atoms with Crippen molar-refractivity contribution in [2.75, 3.05) is 11.9 Å². The van der Waals surface area contributed by atoms with E-state index in [1.54, 1.807) is 18.6 Å². The Morgan fingerprint density at radius 1 is 1.24 bits per heavy atom. The lowest BCUT2D eigenvalue weighted by molar-refractivity contribution is -0.750. The zero-order valence-electron chi connectivity index (χ0n) is 20.3. The number of hydrogen-bond acceptors (Lipinski definition) is 7. The van der Waals surface area contributed by atoms with Crippen molar-refractivity contribution in [2.24, 2.45) is 21.7 Å². The smallest absolute Gasteiger partial charge is 0.267 e. The number of nitrogens with two attached hydrogens (primary N) is 1. The molecule has 0 spiro atoms. The zero-order chi connectivity index (χ0) is 26.4. The van der Waals surface area contributed by atoms with Crippen LogP contribution in [0, 0.1) is 23.1 Å². The molecule has 2 saturated heterocycles. The molecule has 38 heavy (non-hydrogen) atoms. The number of piperidine rings is 1. The summed E-state index contributed by atoms with van der Waals surface area (Å²) in [5, 5.41) is 11.6. The molecule has 5 heterocycles. The minimum atomic E-state index is -0.659. The topological polar surface area (TPSA) is 137 Å². The molecule has 11 heteroatoms. The van der Waals surface area contributed by atoms with Gasteiger partial charge in [-0.1, -0.05) is 0 Å². The number of allylic oxidation sites excluding steroid dienone is 1. The Morgan fingerprint density at radius 3 is 2.92 bits per heavy atom. The quantitative estimate of drug-likeness (QED) is 0.480. The lowest BCUT2D eigenvalue weighted by Gasteiger charge is -2.35. The van der Waals surface area contributed by atoms with Crippen molar-refractivity contribution in [1.29, 1.82) is 5.26 Å². The van der Waals surface area contributed by atoms with E-state index in [0.29, 0.717) is 29.9 Å². The fourth-order valence-electron chi connectivity index (χ4n) is 5.57. The molecule has 0 bridgehead atoms. The Hall–Kier alpha value is -4.53. The van der Waals surface area contributed by atoms with Gasteiger partial charge in [-0.2, -0.15) is 16.1 Å². The van der Waals surface area contributed by atoms with Crippen molar-refractivity contribution in [2.45, 2.75) is 31.7 Å².